The molecular formula is C16H19ClO2. The molecule has 1 heterocycles. The molecular weight excluding hydrogens is 260 g/mol. The van der Waals surface area contributed by atoms with Crippen LogP contribution in [0.5, 0.6) is 0 Å². The van der Waals surface area contributed by atoms with Crippen LogP contribution in [0.4, 0.5) is 0 Å². The van der Waals surface area contributed by atoms with Crippen LogP contribution in [-0.4, -0.2) is 5.11 Å². The molecule has 1 fully saturated rings. The van der Waals surface area contributed by atoms with Crippen LogP contribution in [0.2, 0.25) is 5.02 Å². The number of hydrogen-bond donors (Lipinski definition) is 1. The minimum absolute atomic E-state index is 0.215. The SMILES string of the molecule is CC1CCC(O)(c2cc3cc(Cl)ccc3o2)C(C)C1. The lowest BCUT2D eigenvalue weighted by Gasteiger charge is -2.39. The van der Waals surface area contributed by atoms with Gasteiger partial charge in [0.2, 0.25) is 0 Å². The molecule has 3 atom stereocenters. The molecule has 0 aliphatic heterocycles. The van der Waals surface area contributed by atoms with Crippen LogP contribution in [0.15, 0.2) is 28.7 Å². The van der Waals surface area contributed by atoms with Crippen LogP contribution in [0.25, 0.3) is 11.0 Å². The van der Waals surface area contributed by atoms with Crippen LogP contribution in [0, 0.1) is 11.8 Å². The van der Waals surface area contributed by atoms with Crippen molar-refractivity contribution in [2.45, 2.75) is 38.7 Å². The van der Waals surface area contributed by atoms with Crippen molar-refractivity contribution in [3.8, 4) is 0 Å². The van der Waals surface area contributed by atoms with Gasteiger partial charge in [-0.05, 0) is 55.4 Å². The third kappa shape index (κ3) is 2.17. The van der Waals surface area contributed by atoms with Gasteiger partial charge in [-0.3, -0.25) is 0 Å². The van der Waals surface area contributed by atoms with Gasteiger partial charge in [-0.2, -0.15) is 0 Å². The first kappa shape index (κ1) is 13.0. The fourth-order valence-electron chi connectivity index (χ4n) is 3.22. The van der Waals surface area contributed by atoms with Crippen molar-refractivity contribution in [1.29, 1.82) is 0 Å². The lowest BCUT2D eigenvalue weighted by Crippen LogP contribution is -2.38. The van der Waals surface area contributed by atoms with Gasteiger partial charge in [0.15, 0.2) is 0 Å². The molecule has 3 rings (SSSR count). The van der Waals surface area contributed by atoms with Gasteiger partial charge in [0, 0.05) is 10.4 Å². The van der Waals surface area contributed by atoms with Gasteiger partial charge in [-0.15, -0.1) is 0 Å². The molecule has 1 N–H and O–H groups in total. The summed E-state index contributed by atoms with van der Waals surface area (Å²) in [5.41, 5.74) is -0.0449. The smallest absolute Gasteiger partial charge is 0.137 e. The van der Waals surface area contributed by atoms with E-state index in [9.17, 15) is 5.11 Å². The predicted octanol–water partition coefficient (Wildman–Crippen LogP) is 4.73. The second-order valence-corrected chi connectivity index (χ2v) is 6.43. The average molecular weight is 279 g/mol. The number of aliphatic hydroxyl groups is 1. The minimum atomic E-state index is -0.835. The summed E-state index contributed by atoms with van der Waals surface area (Å²) in [5, 5.41) is 12.6. The van der Waals surface area contributed by atoms with E-state index in [2.05, 4.69) is 13.8 Å². The van der Waals surface area contributed by atoms with Gasteiger partial charge in [0.1, 0.15) is 16.9 Å². The minimum Gasteiger partial charge on any atom is -0.458 e. The molecule has 1 aromatic carbocycles. The van der Waals surface area contributed by atoms with Crippen LogP contribution < -0.4 is 0 Å². The molecule has 19 heavy (non-hydrogen) atoms. The third-order valence-corrected chi connectivity index (χ3v) is 4.73. The summed E-state index contributed by atoms with van der Waals surface area (Å²) < 4.78 is 5.86. The van der Waals surface area contributed by atoms with E-state index >= 15 is 0 Å². The molecule has 3 unspecified atom stereocenters. The lowest BCUT2D eigenvalue weighted by molar-refractivity contribution is -0.0735. The summed E-state index contributed by atoms with van der Waals surface area (Å²) in [6.45, 7) is 4.35. The number of hydrogen-bond acceptors (Lipinski definition) is 2. The van der Waals surface area contributed by atoms with Crippen LogP contribution >= 0.6 is 11.6 Å². The topological polar surface area (TPSA) is 33.4 Å². The second kappa shape index (κ2) is 4.53. The van der Waals surface area contributed by atoms with Gasteiger partial charge in [-0.25, -0.2) is 0 Å². The number of benzene rings is 1. The third-order valence-electron chi connectivity index (χ3n) is 4.49. The van der Waals surface area contributed by atoms with Crippen molar-refractivity contribution in [2.75, 3.05) is 0 Å². The Bertz CT molecular complexity index is 604. The molecule has 2 nitrogen and oxygen atoms in total. The quantitative estimate of drug-likeness (QED) is 0.818. The average Bonchev–Trinajstić information content (AvgIpc) is 2.77. The van der Waals surface area contributed by atoms with E-state index in [1.165, 1.54) is 0 Å². The van der Waals surface area contributed by atoms with Gasteiger partial charge >= 0.3 is 0 Å². The molecule has 1 saturated carbocycles. The standard InChI is InChI=1S/C16H19ClO2/c1-10-5-6-16(18,11(2)7-10)15-9-12-8-13(17)3-4-14(12)19-15/h3-4,8-11,18H,5-7H2,1-2H3. The Morgan fingerprint density at radius 1 is 1.32 bits per heavy atom. The Kier molecular flexibility index (Phi) is 3.11. The van der Waals surface area contributed by atoms with E-state index in [1.54, 1.807) is 0 Å². The molecule has 0 spiro atoms. The molecule has 0 bridgehead atoms. The highest BCUT2D eigenvalue weighted by atomic mass is 35.5. The highest BCUT2D eigenvalue weighted by molar-refractivity contribution is 6.31. The van der Waals surface area contributed by atoms with Gasteiger partial charge in [0.05, 0.1) is 0 Å². The highest BCUT2D eigenvalue weighted by Crippen LogP contribution is 2.45. The van der Waals surface area contributed by atoms with Crippen molar-refractivity contribution >= 4 is 22.6 Å². The van der Waals surface area contributed by atoms with E-state index in [-0.39, 0.29) is 5.92 Å². The molecule has 1 aliphatic rings. The first-order chi connectivity index (χ1) is 8.99. The molecule has 0 radical (unpaired) electrons. The molecule has 1 aromatic heterocycles. The Hall–Kier alpha value is -0.990. The molecule has 102 valence electrons. The molecule has 0 amide bonds. The van der Waals surface area contributed by atoms with Crippen LogP contribution in [0.3, 0.4) is 0 Å². The second-order valence-electron chi connectivity index (χ2n) is 6.00. The summed E-state index contributed by atoms with van der Waals surface area (Å²) in [5.74, 6) is 1.57. The molecule has 3 heteroatoms. The molecule has 1 aliphatic carbocycles. The van der Waals surface area contributed by atoms with E-state index in [0.717, 1.165) is 30.2 Å². The zero-order chi connectivity index (χ0) is 13.6. The zero-order valence-electron chi connectivity index (χ0n) is 11.3. The van der Waals surface area contributed by atoms with Gasteiger partial charge in [-0.1, -0.05) is 25.4 Å². The first-order valence-corrected chi connectivity index (χ1v) is 7.29. The van der Waals surface area contributed by atoms with Gasteiger partial charge in [0.25, 0.3) is 0 Å². The summed E-state index contributed by atoms with van der Waals surface area (Å²) in [4.78, 5) is 0. The summed E-state index contributed by atoms with van der Waals surface area (Å²) in [6.07, 6.45) is 2.84. The Labute approximate surface area is 118 Å². The summed E-state index contributed by atoms with van der Waals surface area (Å²) in [7, 11) is 0. The number of halogens is 1. The summed E-state index contributed by atoms with van der Waals surface area (Å²) >= 11 is 5.99. The van der Waals surface area contributed by atoms with Crippen molar-refractivity contribution in [3.05, 3.63) is 35.0 Å². The summed E-state index contributed by atoms with van der Waals surface area (Å²) in [6, 6.07) is 7.49. The zero-order valence-corrected chi connectivity index (χ0v) is 12.1. The number of rotatable bonds is 1. The van der Waals surface area contributed by atoms with E-state index in [1.807, 2.05) is 24.3 Å². The van der Waals surface area contributed by atoms with Crippen molar-refractivity contribution in [1.82, 2.24) is 0 Å². The maximum absolute atomic E-state index is 11.0. The van der Waals surface area contributed by atoms with Crippen molar-refractivity contribution < 1.29 is 9.52 Å². The monoisotopic (exact) mass is 278 g/mol. The maximum atomic E-state index is 11.0. The van der Waals surface area contributed by atoms with E-state index < -0.39 is 5.60 Å². The van der Waals surface area contributed by atoms with Crippen LogP contribution in [0.1, 0.15) is 38.9 Å². The largest absolute Gasteiger partial charge is 0.458 e. The van der Waals surface area contributed by atoms with Crippen LogP contribution in [-0.2, 0) is 5.60 Å². The molecule has 2 aromatic rings. The van der Waals surface area contributed by atoms with E-state index in [0.29, 0.717) is 16.7 Å². The van der Waals surface area contributed by atoms with Crippen molar-refractivity contribution in [2.24, 2.45) is 11.8 Å². The Morgan fingerprint density at radius 2 is 2.11 bits per heavy atom. The molecule has 0 saturated heterocycles. The van der Waals surface area contributed by atoms with Crippen molar-refractivity contribution in [3.63, 3.8) is 0 Å². The van der Waals surface area contributed by atoms with Gasteiger partial charge < -0.3 is 9.52 Å². The first-order valence-electron chi connectivity index (χ1n) is 6.91. The highest BCUT2D eigenvalue weighted by Gasteiger charge is 2.42. The fraction of sp³-hybridized carbons (Fsp3) is 0.500. The number of fused-ring (bicyclic) bond motifs is 1. The van der Waals surface area contributed by atoms with E-state index in [4.69, 9.17) is 16.0 Å². The number of furan rings is 1. The Morgan fingerprint density at radius 3 is 2.84 bits per heavy atom. The normalized spacial score (nSPS) is 31.8. The fourth-order valence-corrected chi connectivity index (χ4v) is 3.40. The lowest BCUT2D eigenvalue weighted by atomic mass is 9.71. The predicted molar refractivity (Wildman–Crippen MR) is 77.3 cm³/mol. The Balaban J connectivity index is 2.03. The maximum Gasteiger partial charge on any atom is 0.137 e.